The lowest BCUT2D eigenvalue weighted by Gasteiger charge is -2.27. The molecule has 2 unspecified atom stereocenters. The Morgan fingerprint density at radius 1 is 1.40 bits per heavy atom. The lowest BCUT2D eigenvalue weighted by atomic mass is 9.87. The van der Waals surface area contributed by atoms with E-state index in [0.29, 0.717) is 22.7 Å². The van der Waals surface area contributed by atoms with Crippen molar-refractivity contribution in [1.29, 1.82) is 0 Å². The predicted octanol–water partition coefficient (Wildman–Crippen LogP) is 4.17. The summed E-state index contributed by atoms with van der Waals surface area (Å²) in [6, 6.07) is 3.79. The van der Waals surface area contributed by atoms with Crippen LogP contribution < -0.4 is 5.32 Å². The van der Waals surface area contributed by atoms with E-state index in [1.807, 2.05) is 19.9 Å². The Balaban J connectivity index is 2.08. The van der Waals surface area contributed by atoms with E-state index in [1.54, 1.807) is 6.07 Å². The van der Waals surface area contributed by atoms with Gasteiger partial charge in [-0.2, -0.15) is 0 Å². The zero-order valence-corrected chi connectivity index (χ0v) is 13.2. The second-order valence-electron chi connectivity index (χ2n) is 6.20. The fourth-order valence-electron chi connectivity index (χ4n) is 2.78. The van der Waals surface area contributed by atoms with Gasteiger partial charge in [0.05, 0.1) is 0 Å². The van der Waals surface area contributed by atoms with Crippen molar-refractivity contribution in [2.75, 3.05) is 0 Å². The van der Waals surface area contributed by atoms with Crippen LogP contribution in [0.1, 0.15) is 68.4 Å². The molecule has 20 heavy (non-hydrogen) atoms. The van der Waals surface area contributed by atoms with E-state index < -0.39 is 0 Å². The molecule has 2 atom stereocenters. The highest BCUT2D eigenvalue weighted by molar-refractivity contribution is 6.29. The molecule has 1 aliphatic carbocycles. The van der Waals surface area contributed by atoms with Crippen molar-refractivity contribution in [3.8, 4) is 0 Å². The van der Waals surface area contributed by atoms with E-state index in [4.69, 9.17) is 11.6 Å². The summed E-state index contributed by atoms with van der Waals surface area (Å²) >= 11 is 6.01. The van der Waals surface area contributed by atoms with Crippen LogP contribution in [0.5, 0.6) is 0 Å². The summed E-state index contributed by atoms with van der Waals surface area (Å²) in [6.45, 7) is 6.34. The molecule has 1 amide bonds. The highest BCUT2D eigenvalue weighted by Gasteiger charge is 2.21. The van der Waals surface area contributed by atoms with Gasteiger partial charge in [0.25, 0.3) is 5.91 Å². The van der Waals surface area contributed by atoms with Crippen LogP contribution in [0.15, 0.2) is 12.1 Å². The molecule has 0 aromatic carbocycles. The van der Waals surface area contributed by atoms with E-state index in [9.17, 15) is 4.79 Å². The molecule has 1 saturated carbocycles. The van der Waals surface area contributed by atoms with Crippen molar-refractivity contribution >= 4 is 17.5 Å². The lowest BCUT2D eigenvalue weighted by Crippen LogP contribution is -2.38. The van der Waals surface area contributed by atoms with Crippen LogP contribution in [0.4, 0.5) is 0 Å². The minimum absolute atomic E-state index is 0.0321. The maximum Gasteiger partial charge on any atom is 0.251 e. The molecule has 2 rings (SSSR count). The van der Waals surface area contributed by atoms with Gasteiger partial charge in [0.2, 0.25) is 0 Å². The smallest absolute Gasteiger partial charge is 0.251 e. The number of rotatable bonds is 3. The van der Waals surface area contributed by atoms with E-state index in [2.05, 4.69) is 17.2 Å². The van der Waals surface area contributed by atoms with Crippen molar-refractivity contribution in [3.63, 3.8) is 0 Å². The Hall–Kier alpha value is -1.09. The maximum atomic E-state index is 12.3. The molecule has 0 spiro atoms. The average molecular weight is 295 g/mol. The van der Waals surface area contributed by atoms with Gasteiger partial charge in [0.1, 0.15) is 5.15 Å². The Kier molecular flexibility index (Phi) is 5.03. The summed E-state index contributed by atoms with van der Waals surface area (Å²) in [6.07, 6.45) is 4.61. The van der Waals surface area contributed by atoms with Crippen LogP contribution in [0.3, 0.4) is 0 Å². The molecule has 0 saturated heterocycles. The van der Waals surface area contributed by atoms with E-state index in [-0.39, 0.29) is 11.8 Å². The summed E-state index contributed by atoms with van der Waals surface area (Å²) in [5, 5.41) is 3.52. The molecule has 1 heterocycles. The van der Waals surface area contributed by atoms with Crippen molar-refractivity contribution in [1.82, 2.24) is 10.3 Å². The molecule has 1 N–H and O–H groups in total. The standard InChI is InChI=1S/C16H23ClN2O/c1-10(2)14-8-12(9-15(17)19-14)16(20)18-13-6-4-5-11(3)7-13/h8-11,13H,4-7H2,1-3H3,(H,18,20). The van der Waals surface area contributed by atoms with Gasteiger partial charge in [-0.3, -0.25) is 4.79 Å². The monoisotopic (exact) mass is 294 g/mol. The van der Waals surface area contributed by atoms with Gasteiger partial charge in [-0.1, -0.05) is 45.2 Å². The largest absolute Gasteiger partial charge is 0.349 e. The van der Waals surface area contributed by atoms with Crippen molar-refractivity contribution in [2.24, 2.45) is 5.92 Å². The first-order chi connectivity index (χ1) is 9.45. The topological polar surface area (TPSA) is 42.0 Å². The third-order valence-electron chi connectivity index (χ3n) is 3.94. The number of nitrogens with zero attached hydrogens (tertiary/aromatic N) is 1. The van der Waals surface area contributed by atoms with Crippen LogP contribution in [0, 0.1) is 5.92 Å². The minimum Gasteiger partial charge on any atom is -0.349 e. The number of amides is 1. The number of pyridine rings is 1. The zero-order chi connectivity index (χ0) is 14.7. The van der Waals surface area contributed by atoms with Crippen molar-refractivity contribution < 1.29 is 4.79 Å². The highest BCUT2D eigenvalue weighted by atomic mass is 35.5. The first-order valence-corrected chi connectivity index (χ1v) is 7.82. The minimum atomic E-state index is -0.0321. The lowest BCUT2D eigenvalue weighted by molar-refractivity contribution is 0.0921. The van der Waals surface area contributed by atoms with E-state index >= 15 is 0 Å². The number of carbonyl (C=O) groups is 1. The first kappa shape index (κ1) is 15.3. The summed E-state index contributed by atoms with van der Waals surface area (Å²) in [5.41, 5.74) is 1.48. The summed E-state index contributed by atoms with van der Waals surface area (Å²) in [4.78, 5) is 16.6. The molecule has 0 aliphatic heterocycles. The van der Waals surface area contributed by atoms with Gasteiger partial charge in [-0.05, 0) is 36.8 Å². The molecule has 0 bridgehead atoms. The average Bonchev–Trinajstić information content (AvgIpc) is 2.37. The molecule has 1 aliphatic rings. The Morgan fingerprint density at radius 2 is 2.15 bits per heavy atom. The van der Waals surface area contributed by atoms with Crippen LogP contribution in [-0.2, 0) is 0 Å². The number of hydrogen-bond acceptors (Lipinski definition) is 2. The van der Waals surface area contributed by atoms with Gasteiger partial charge in [-0.25, -0.2) is 4.98 Å². The third kappa shape index (κ3) is 3.95. The van der Waals surface area contributed by atoms with Gasteiger partial charge in [0.15, 0.2) is 0 Å². The Morgan fingerprint density at radius 3 is 2.80 bits per heavy atom. The molecular formula is C16H23ClN2O. The number of carbonyl (C=O) groups excluding carboxylic acids is 1. The van der Waals surface area contributed by atoms with Crippen LogP contribution in [0.25, 0.3) is 0 Å². The summed E-state index contributed by atoms with van der Waals surface area (Å²) < 4.78 is 0. The fourth-order valence-corrected chi connectivity index (χ4v) is 2.99. The van der Waals surface area contributed by atoms with Gasteiger partial charge in [-0.15, -0.1) is 0 Å². The summed E-state index contributed by atoms with van der Waals surface area (Å²) in [7, 11) is 0. The van der Waals surface area contributed by atoms with E-state index in [0.717, 1.165) is 18.5 Å². The molecule has 110 valence electrons. The van der Waals surface area contributed by atoms with E-state index in [1.165, 1.54) is 12.8 Å². The number of aromatic nitrogens is 1. The van der Waals surface area contributed by atoms with Crippen LogP contribution in [-0.4, -0.2) is 16.9 Å². The molecule has 3 nitrogen and oxygen atoms in total. The second-order valence-corrected chi connectivity index (χ2v) is 6.59. The number of hydrogen-bond donors (Lipinski definition) is 1. The highest BCUT2D eigenvalue weighted by Crippen LogP contribution is 2.24. The molecule has 1 fully saturated rings. The zero-order valence-electron chi connectivity index (χ0n) is 12.4. The van der Waals surface area contributed by atoms with Crippen molar-refractivity contribution in [2.45, 2.75) is 58.4 Å². The SMILES string of the molecule is CC1CCCC(NC(=O)c2cc(Cl)nc(C(C)C)c2)C1. The molecule has 0 radical (unpaired) electrons. The molecule has 1 aromatic heterocycles. The van der Waals surface area contributed by atoms with Crippen LogP contribution in [0.2, 0.25) is 5.15 Å². The maximum absolute atomic E-state index is 12.3. The molecule has 1 aromatic rings. The molecular weight excluding hydrogens is 272 g/mol. The Labute approximate surface area is 126 Å². The van der Waals surface area contributed by atoms with Gasteiger partial charge >= 0.3 is 0 Å². The normalized spacial score (nSPS) is 22.9. The predicted molar refractivity (Wildman–Crippen MR) is 82.2 cm³/mol. The third-order valence-corrected chi connectivity index (χ3v) is 4.13. The fraction of sp³-hybridized carbons (Fsp3) is 0.625. The number of nitrogens with one attached hydrogen (secondary N) is 1. The van der Waals surface area contributed by atoms with Gasteiger partial charge < -0.3 is 5.32 Å². The number of halogens is 1. The second kappa shape index (κ2) is 6.57. The van der Waals surface area contributed by atoms with Crippen LogP contribution >= 0.6 is 11.6 Å². The van der Waals surface area contributed by atoms with Crippen molar-refractivity contribution in [3.05, 3.63) is 28.5 Å². The summed E-state index contributed by atoms with van der Waals surface area (Å²) in [5.74, 6) is 0.923. The first-order valence-electron chi connectivity index (χ1n) is 7.44. The molecule has 4 heteroatoms. The quantitative estimate of drug-likeness (QED) is 0.850. The Bertz CT molecular complexity index is 487. The van der Waals surface area contributed by atoms with Gasteiger partial charge in [0, 0.05) is 17.3 Å².